The van der Waals surface area contributed by atoms with E-state index in [9.17, 15) is 8.42 Å². The van der Waals surface area contributed by atoms with Crippen molar-refractivity contribution in [3.05, 3.63) is 16.3 Å². The fourth-order valence-corrected chi connectivity index (χ4v) is 4.79. The van der Waals surface area contributed by atoms with Crippen LogP contribution in [0.25, 0.3) is 0 Å². The second-order valence-electron chi connectivity index (χ2n) is 5.08. The molecule has 0 spiro atoms. The maximum atomic E-state index is 12.3. The molecule has 3 N–H and O–H groups in total. The van der Waals surface area contributed by atoms with Gasteiger partial charge in [-0.3, -0.25) is 0 Å². The summed E-state index contributed by atoms with van der Waals surface area (Å²) < 4.78 is 24.7. The molecule has 2 heterocycles. The number of hydrogen-bond acceptors (Lipinski definition) is 5. The predicted octanol–water partition coefficient (Wildman–Crippen LogP) is 1.66. The zero-order chi connectivity index (χ0) is 14.0. The molecule has 2 rings (SSSR count). The average Bonchev–Trinajstić information content (AvgIpc) is 2.83. The van der Waals surface area contributed by atoms with Crippen LogP contribution in [-0.4, -0.2) is 25.5 Å². The molecule has 108 valence electrons. The summed E-state index contributed by atoms with van der Waals surface area (Å²) in [6.07, 6.45) is 3.19. The Morgan fingerprint density at radius 2 is 2.05 bits per heavy atom. The van der Waals surface area contributed by atoms with Crippen molar-refractivity contribution in [3.63, 3.8) is 0 Å². The third-order valence-electron chi connectivity index (χ3n) is 3.56. The molecule has 1 aliphatic heterocycles. The first-order chi connectivity index (χ1) is 8.94. The first-order valence-corrected chi connectivity index (χ1v) is 8.88. The van der Waals surface area contributed by atoms with Crippen molar-refractivity contribution in [2.45, 2.75) is 56.6 Å². The lowest BCUT2D eigenvalue weighted by Gasteiger charge is -2.38. The van der Waals surface area contributed by atoms with Crippen molar-refractivity contribution in [3.8, 4) is 0 Å². The minimum atomic E-state index is -3.48. The van der Waals surface area contributed by atoms with Gasteiger partial charge < -0.3 is 5.73 Å². The van der Waals surface area contributed by atoms with Gasteiger partial charge in [-0.1, -0.05) is 6.42 Å². The molecule has 19 heavy (non-hydrogen) atoms. The number of piperidine rings is 1. The van der Waals surface area contributed by atoms with E-state index >= 15 is 0 Å². The standard InChI is InChI=1S/C12H21N3O2S2/c1-9-4-3-5-10(2)15(9)14-19(16,17)12-6-11(7-13)18-8-12/h6,8-10,14H,3-5,7,13H2,1-2H3. The Kier molecular flexibility index (Phi) is 4.62. The summed E-state index contributed by atoms with van der Waals surface area (Å²) in [6, 6.07) is 2.10. The highest BCUT2D eigenvalue weighted by Gasteiger charge is 2.29. The van der Waals surface area contributed by atoms with Gasteiger partial charge >= 0.3 is 0 Å². The van der Waals surface area contributed by atoms with Gasteiger partial charge in [0.05, 0.1) is 4.90 Å². The first-order valence-electron chi connectivity index (χ1n) is 6.52. The van der Waals surface area contributed by atoms with E-state index < -0.39 is 10.0 Å². The molecule has 2 unspecified atom stereocenters. The molecule has 2 atom stereocenters. The zero-order valence-corrected chi connectivity index (χ0v) is 12.9. The summed E-state index contributed by atoms with van der Waals surface area (Å²) in [5.74, 6) is 0. The van der Waals surface area contributed by atoms with Crippen molar-refractivity contribution in [2.24, 2.45) is 5.73 Å². The Balaban J connectivity index is 2.16. The highest BCUT2D eigenvalue weighted by atomic mass is 32.2. The number of thiophene rings is 1. The van der Waals surface area contributed by atoms with Crippen LogP contribution in [0.15, 0.2) is 16.3 Å². The fraction of sp³-hybridized carbons (Fsp3) is 0.667. The third-order valence-corrected chi connectivity index (χ3v) is 5.98. The van der Waals surface area contributed by atoms with Crippen LogP contribution in [0.3, 0.4) is 0 Å². The Hall–Kier alpha value is -0.470. The Morgan fingerprint density at radius 1 is 1.42 bits per heavy atom. The number of nitrogens with two attached hydrogens (primary N) is 1. The number of hydrazine groups is 1. The van der Waals surface area contributed by atoms with Gasteiger partial charge in [-0.05, 0) is 32.8 Å². The van der Waals surface area contributed by atoms with Gasteiger partial charge in [0.2, 0.25) is 0 Å². The SMILES string of the molecule is CC1CCCC(C)N1NS(=O)(=O)c1csc(CN)c1. The molecule has 0 aromatic carbocycles. The quantitative estimate of drug-likeness (QED) is 0.887. The molecule has 1 saturated heterocycles. The van der Waals surface area contributed by atoms with Crippen LogP contribution in [0, 0.1) is 0 Å². The van der Waals surface area contributed by atoms with Crippen molar-refractivity contribution in [2.75, 3.05) is 0 Å². The second-order valence-corrected chi connectivity index (χ2v) is 7.74. The Bertz CT molecular complexity index is 517. The number of sulfonamides is 1. The number of rotatable bonds is 4. The van der Waals surface area contributed by atoms with Gasteiger partial charge in [0, 0.05) is 28.9 Å². The lowest BCUT2D eigenvalue weighted by Crippen LogP contribution is -2.53. The van der Waals surface area contributed by atoms with E-state index in [1.807, 2.05) is 5.01 Å². The lowest BCUT2D eigenvalue weighted by atomic mass is 10.0. The van der Waals surface area contributed by atoms with E-state index in [0.717, 1.165) is 24.1 Å². The second kappa shape index (κ2) is 5.88. The Morgan fingerprint density at radius 3 is 2.58 bits per heavy atom. The summed E-state index contributed by atoms with van der Waals surface area (Å²) in [5.41, 5.74) is 5.52. The molecule has 1 aromatic heterocycles. The zero-order valence-electron chi connectivity index (χ0n) is 11.3. The highest BCUT2D eigenvalue weighted by molar-refractivity contribution is 7.89. The molecule has 0 bridgehead atoms. The maximum Gasteiger partial charge on any atom is 0.254 e. The molecular formula is C12H21N3O2S2. The summed E-state index contributed by atoms with van der Waals surface area (Å²) in [4.78, 5) is 3.90. The van der Waals surface area contributed by atoms with E-state index in [1.165, 1.54) is 11.3 Å². The highest BCUT2D eigenvalue weighted by Crippen LogP contribution is 2.23. The van der Waals surface area contributed by atoms with E-state index in [-0.39, 0.29) is 12.1 Å². The minimum absolute atomic E-state index is 0.228. The first kappa shape index (κ1) is 14.9. The third kappa shape index (κ3) is 3.35. The number of nitrogens with one attached hydrogen (secondary N) is 1. The van der Waals surface area contributed by atoms with Crippen LogP contribution in [0.4, 0.5) is 0 Å². The normalized spacial score (nSPS) is 25.6. The molecule has 1 fully saturated rings. The number of nitrogens with zero attached hydrogens (tertiary/aromatic N) is 1. The van der Waals surface area contributed by atoms with E-state index in [1.54, 1.807) is 11.4 Å². The molecule has 7 heteroatoms. The van der Waals surface area contributed by atoms with Crippen molar-refractivity contribution in [1.82, 2.24) is 9.84 Å². The van der Waals surface area contributed by atoms with Gasteiger partial charge in [-0.25, -0.2) is 13.4 Å². The van der Waals surface area contributed by atoms with Crippen LogP contribution in [-0.2, 0) is 16.6 Å². The molecule has 0 saturated carbocycles. The smallest absolute Gasteiger partial charge is 0.254 e. The monoisotopic (exact) mass is 303 g/mol. The van der Waals surface area contributed by atoms with Gasteiger partial charge in [0.1, 0.15) is 0 Å². The van der Waals surface area contributed by atoms with E-state index in [0.29, 0.717) is 11.4 Å². The predicted molar refractivity (Wildman–Crippen MR) is 77.1 cm³/mol. The average molecular weight is 303 g/mol. The van der Waals surface area contributed by atoms with Gasteiger partial charge in [0.25, 0.3) is 10.0 Å². The van der Waals surface area contributed by atoms with Gasteiger partial charge in [-0.15, -0.1) is 16.2 Å². The fourth-order valence-electron chi connectivity index (χ4n) is 2.40. The largest absolute Gasteiger partial charge is 0.326 e. The van der Waals surface area contributed by atoms with Crippen LogP contribution in [0.2, 0.25) is 0 Å². The van der Waals surface area contributed by atoms with E-state index in [4.69, 9.17) is 5.73 Å². The molecule has 0 radical (unpaired) electrons. The molecule has 5 nitrogen and oxygen atoms in total. The number of hydrogen-bond donors (Lipinski definition) is 2. The van der Waals surface area contributed by atoms with Crippen molar-refractivity contribution < 1.29 is 8.42 Å². The van der Waals surface area contributed by atoms with Crippen LogP contribution >= 0.6 is 11.3 Å². The van der Waals surface area contributed by atoms with Crippen LogP contribution in [0.1, 0.15) is 38.0 Å². The lowest BCUT2D eigenvalue weighted by molar-refractivity contribution is 0.0790. The molecule has 0 aliphatic carbocycles. The molecule has 1 aliphatic rings. The minimum Gasteiger partial charge on any atom is -0.326 e. The van der Waals surface area contributed by atoms with Gasteiger partial charge in [-0.2, -0.15) is 0 Å². The molecule has 1 aromatic rings. The molecular weight excluding hydrogens is 282 g/mol. The van der Waals surface area contributed by atoms with Crippen molar-refractivity contribution in [1.29, 1.82) is 0 Å². The maximum absolute atomic E-state index is 12.3. The van der Waals surface area contributed by atoms with Crippen LogP contribution in [0.5, 0.6) is 0 Å². The Labute approximate surface area is 118 Å². The summed E-state index contributed by atoms with van der Waals surface area (Å²) >= 11 is 1.38. The van der Waals surface area contributed by atoms with Gasteiger partial charge in [0.15, 0.2) is 0 Å². The topological polar surface area (TPSA) is 75.4 Å². The van der Waals surface area contributed by atoms with Crippen LogP contribution < -0.4 is 10.6 Å². The van der Waals surface area contributed by atoms with E-state index in [2.05, 4.69) is 18.7 Å². The summed E-state index contributed by atoms with van der Waals surface area (Å²) in [7, 11) is -3.48. The summed E-state index contributed by atoms with van der Waals surface area (Å²) in [6.45, 7) is 4.48. The molecule has 0 amide bonds. The van der Waals surface area contributed by atoms with Crippen molar-refractivity contribution >= 4 is 21.4 Å². The summed E-state index contributed by atoms with van der Waals surface area (Å²) in [5, 5.41) is 3.50.